The molecule has 0 saturated heterocycles. The van der Waals surface area contributed by atoms with Crippen molar-refractivity contribution < 1.29 is 17.6 Å². The molecule has 0 radical (unpaired) electrons. The summed E-state index contributed by atoms with van der Waals surface area (Å²) in [4.78, 5) is 5.37. The van der Waals surface area contributed by atoms with Gasteiger partial charge in [0.05, 0.1) is 40.3 Å². The fourth-order valence-electron chi connectivity index (χ4n) is 2.40. The zero-order valence-corrected chi connectivity index (χ0v) is 16.2. The van der Waals surface area contributed by atoms with Gasteiger partial charge >= 0.3 is 0 Å². The summed E-state index contributed by atoms with van der Waals surface area (Å²) < 4.78 is 37.8. The van der Waals surface area contributed by atoms with Crippen LogP contribution in [0.25, 0.3) is 10.8 Å². The predicted octanol–water partition coefficient (Wildman–Crippen LogP) is 3.11. The van der Waals surface area contributed by atoms with Crippen LogP contribution in [-0.2, 0) is 21.3 Å². The van der Waals surface area contributed by atoms with Crippen molar-refractivity contribution in [3.63, 3.8) is 0 Å². The lowest BCUT2D eigenvalue weighted by atomic mass is 10.2. The van der Waals surface area contributed by atoms with Crippen molar-refractivity contribution in [2.75, 3.05) is 20.3 Å². The molecule has 0 saturated carbocycles. The second-order valence-electron chi connectivity index (χ2n) is 5.59. The third-order valence-electron chi connectivity index (χ3n) is 3.79. The third kappa shape index (κ3) is 4.43. The number of sulfonamides is 1. The van der Waals surface area contributed by atoms with E-state index in [9.17, 15) is 8.42 Å². The molecule has 0 spiro atoms. The summed E-state index contributed by atoms with van der Waals surface area (Å²) in [6.45, 7) is 0.464. The van der Waals surface area contributed by atoms with E-state index in [4.69, 9.17) is 14.4 Å². The maximum Gasteiger partial charge on any atom is 0.243 e. The molecule has 0 aliphatic heterocycles. The molecule has 0 N–H and O–H groups in total. The Balaban J connectivity index is 1.85. The first-order chi connectivity index (χ1) is 13.0. The molecule has 3 aromatic rings. The molecule has 7 nitrogen and oxygen atoms in total. The van der Waals surface area contributed by atoms with Crippen molar-refractivity contribution in [1.82, 2.24) is 9.29 Å². The van der Waals surface area contributed by atoms with Crippen molar-refractivity contribution in [2.24, 2.45) is 0 Å². The Morgan fingerprint density at radius 3 is 2.70 bits per heavy atom. The van der Waals surface area contributed by atoms with E-state index < -0.39 is 10.0 Å². The highest BCUT2D eigenvalue weighted by Gasteiger charge is 2.25. The van der Waals surface area contributed by atoms with Crippen LogP contribution >= 0.6 is 11.3 Å². The van der Waals surface area contributed by atoms with Gasteiger partial charge in [-0.1, -0.05) is 6.07 Å². The average molecular weight is 403 g/mol. The van der Waals surface area contributed by atoms with Gasteiger partial charge in [-0.25, -0.2) is 13.4 Å². The minimum Gasteiger partial charge on any atom is -0.444 e. The number of nitriles is 1. The smallest absolute Gasteiger partial charge is 0.243 e. The Kier molecular flexibility index (Phi) is 6.03. The first-order valence-corrected chi connectivity index (χ1v) is 10.3. The maximum atomic E-state index is 13.0. The van der Waals surface area contributed by atoms with E-state index in [0.717, 1.165) is 4.88 Å². The van der Waals surface area contributed by atoms with Gasteiger partial charge in [-0.2, -0.15) is 9.57 Å². The van der Waals surface area contributed by atoms with Crippen molar-refractivity contribution in [1.29, 1.82) is 5.26 Å². The normalized spacial score (nSPS) is 11.6. The van der Waals surface area contributed by atoms with Crippen LogP contribution in [-0.4, -0.2) is 38.0 Å². The van der Waals surface area contributed by atoms with E-state index in [1.165, 1.54) is 53.3 Å². The van der Waals surface area contributed by atoms with Crippen LogP contribution in [0.3, 0.4) is 0 Å². The van der Waals surface area contributed by atoms with E-state index in [-0.39, 0.29) is 24.6 Å². The molecule has 0 aliphatic carbocycles. The van der Waals surface area contributed by atoms with Crippen LogP contribution in [0.1, 0.15) is 11.3 Å². The Morgan fingerprint density at radius 1 is 1.30 bits per heavy atom. The Morgan fingerprint density at radius 2 is 2.07 bits per heavy atom. The van der Waals surface area contributed by atoms with Crippen molar-refractivity contribution in [2.45, 2.75) is 11.4 Å². The summed E-state index contributed by atoms with van der Waals surface area (Å²) in [6.07, 6.45) is 1.46. The largest absolute Gasteiger partial charge is 0.444 e. The fourth-order valence-corrected chi connectivity index (χ4v) is 4.45. The molecule has 0 amide bonds. The van der Waals surface area contributed by atoms with Gasteiger partial charge in [0.1, 0.15) is 6.26 Å². The molecule has 2 heterocycles. The number of methoxy groups -OCH3 is 1. The van der Waals surface area contributed by atoms with E-state index in [1.807, 2.05) is 23.6 Å². The summed E-state index contributed by atoms with van der Waals surface area (Å²) in [6, 6.07) is 11.6. The van der Waals surface area contributed by atoms with Crippen molar-refractivity contribution in [3.05, 3.63) is 59.3 Å². The molecule has 0 aliphatic rings. The summed E-state index contributed by atoms with van der Waals surface area (Å²) in [5.74, 6) is 0.461. The second-order valence-corrected chi connectivity index (χ2v) is 8.47. The fraction of sp³-hybridized carbons (Fsp3) is 0.222. The standard InChI is InChI=1S/C18H17N3O4S2/c1-24-9-8-21(27(22,23)16-6-4-14(11-19)5-7-16)12-15-13-25-18(20-15)17-3-2-10-26-17/h2-7,10,13H,8-9,12H2,1H3. The Hall–Kier alpha value is -2.51. The van der Waals surface area contributed by atoms with Crippen LogP contribution < -0.4 is 0 Å². The number of thiophene rings is 1. The summed E-state index contributed by atoms with van der Waals surface area (Å²) in [7, 11) is -2.26. The first kappa shape index (κ1) is 19.3. The molecule has 3 rings (SSSR count). The van der Waals surface area contributed by atoms with E-state index >= 15 is 0 Å². The van der Waals surface area contributed by atoms with Crippen LogP contribution in [0.2, 0.25) is 0 Å². The second kappa shape index (κ2) is 8.45. The highest BCUT2D eigenvalue weighted by molar-refractivity contribution is 7.89. The molecule has 27 heavy (non-hydrogen) atoms. The number of aromatic nitrogens is 1. The molecule has 140 valence electrons. The van der Waals surface area contributed by atoms with Crippen molar-refractivity contribution >= 4 is 21.4 Å². The molecule has 0 bridgehead atoms. The van der Waals surface area contributed by atoms with E-state index in [1.54, 1.807) is 0 Å². The van der Waals surface area contributed by atoms with Crippen molar-refractivity contribution in [3.8, 4) is 16.8 Å². The SMILES string of the molecule is COCCN(Cc1coc(-c2cccs2)n1)S(=O)(=O)c1ccc(C#N)cc1. The molecular formula is C18H17N3O4S2. The summed E-state index contributed by atoms with van der Waals surface area (Å²) in [5.41, 5.74) is 0.904. The molecule has 0 unspecified atom stereocenters. The van der Waals surface area contributed by atoms with Crippen LogP contribution in [0, 0.1) is 11.3 Å². The number of hydrogen-bond donors (Lipinski definition) is 0. The topological polar surface area (TPSA) is 96.4 Å². The van der Waals surface area contributed by atoms with E-state index in [2.05, 4.69) is 4.98 Å². The van der Waals surface area contributed by atoms with Crippen LogP contribution in [0.5, 0.6) is 0 Å². The average Bonchev–Trinajstić information content (AvgIpc) is 3.36. The quantitative estimate of drug-likeness (QED) is 0.573. The van der Waals surface area contributed by atoms with Gasteiger partial charge < -0.3 is 9.15 Å². The number of benzene rings is 1. The molecule has 0 atom stereocenters. The zero-order chi connectivity index (χ0) is 19.3. The minimum absolute atomic E-state index is 0.0561. The van der Waals surface area contributed by atoms with Crippen LogP contribution in [0.15, 0.2) is 57.4 Å². The van der Waals surface area contributed by atoms with E-state index in [0.29, 0.717) is 17.1 Å². The lowest BCUT2D eigenvalue weighted by Crippen LogP contribution is -2.33. The van der Waals surface area contributed by atoms with Gasteiger partial charge in [-0.05, 0) is 35.7 Å². The number of hydrogen-bond acceptors (Lipinski definition) is 7. The molecule has 0 fully saturated rings. The highest BCUT2D eigenvalue weighted by atomic mass is 32.2. The molecule has 1 aromatic carbocycles. The summed E-state index contributed by atoms with van der Waals surface area (Å²) >= 11 is 1.49. The molecule has 9 heteroatoms. The van der Waals surface area contributed by atoms with Gasteiger partial charge in [0.25, 0.3) is 0 Å². The zero-order valence-electron chi connectivity index (χ0n) is 14.5. The van der Waals surface area contributed by atoms with Gasteiger partial charge in [0, 0.05) is 13.7 Å². The van der Waals surface area contributed by atoms with Crippen LogP contribution in [0.4, 0.5) is 0 Å². The highest BCUT2D eigenvalue weighted by Crippen LogP contribution is 2.25. The Labute approximate surface area is 161 Å². The van der Waals surface area contributed by atoms with Gasteiger partial charge in [-0.15, -0.1) is 11.3 Å². The monoisotopic (exact) mass is 403 g/mol. The third-order valence-corrected chi connectivity index (χ3v) is 6.51. The number of oxazole rings is 1. The first-order valence-electron chi connectivity index (χ1n) is 8.02. The lowest BCUT2D eigenvalue weighted by Gasteiger charge is -2.20. The van der Waals surface area contributed by atoms with Gasteiger partial charge in [-0.3, -0.25) is 0 Å². The molecule has 2 aromatic heterocycles. The minimum atomic E-state index is -3.78. The van der Waals surface area contributed by atoms with Gasteiger partial charge in [0.15, 0.2) is 0 Å². The summed E-state index contributed by atoms with van der Waals surface area (Å²) in [5, 5.41) is 10.8. The number of nitrogens with zero attached hydrogens (tertiary/aromatic N) is 3. The Bertz CT molecular complexity index is 1020. The molecular weight excluding hydrogens is 386 g/mol. The maximum absolute atomic E-state index is 13.0. The number of ether oxygens (including phenoxy) is 1. The predicted molar refractivity (Wildman–Crippen MR) is 100 cm³/mol. The number of rotatable bonds is 8. The van der Waals surface area contributed by atoms with Gasteiger partial charge in [0.2, 0.25) is 15.9 Å². The lowest BCUT2D eigenvalue weighted by molar-refractivity contribution is 0.177.